The second-order valence-corrected chi connectivity index (χ2v) is 12.5. The van der Waals surface area contributed by atoms with E-state index >= 15 is 0 Å². The van der Waals surface area contributed by atoms with Crippen LogP contribution in [-0.2, 0) is 14.3 Å². The van der Waals surface area contributed by atoms with Gasteiger partial charge in [-0.15, -0.1) is 0 Å². The van der Waals surface area contributed by atoms with E-state index in [4.69, 9.17) is 21.1 Å². The number of carbonyl (C=O) groups excluding carboxylic acids is 2. The number of amides is 1. The first-order valence-electron chi connectivity index (χ1n) is 14.3. The zero-order chi connectivity index (χ0) is 30.7. The second-order valence-electron chi connectivity index (χ2n) is 11.1. The zero-order valence-corrected chi connectivity index (χ0v) is 26.2. The number of carbonyl (C=O) groups is 2. The Hall–Kier alpha value is -3.73. The molecule has 1 aromatic heterocycles. The molecule has 0 bridgehead atoms. The van der Waals surface area contributed by atoms with Crippen LogP contribution in [0.2, 0.25) is 5.02 Å². The quantitative estimate of drug-likeness (QED) is 0.386. The van der Waals surface area contributed by atoms with Crippen molar-refractivity contribution in [2.45, 2.75) is 51.8 Å². The SMILES string of the molecule is CC1=C(C(=O)OC(C)C)C(c2ccc(Cl)cc2)n2c(s/c(=C\c3ccc(OCC(=O)NC4CCN(C)CC4)cc3)c2=O)=N1. The van der Waals surface area contributed by atoms with E-state index in [1.54, 1.807) is 67.8 Å². The second kappa shape index (κ2) is 13.3. The first-order chi connectivity index (χ1) is 20.6. The summed E-state index contributed by atoms with van der Waals surface area (Å²) in [7, 11) is 2.08. The highest BCUT2D eigenvalue weighted by Crippen LogP contribution is 2.31. The lowest BCUT2D eigenvalue weighted by Crippen LogP contribution is -2.44. The Labute approximate surface area is 259 Å². The van der Waals surface area contributed by atoms with Gasteiger partial charge >= 0.3 is 5.97 Å². The minimum absolute atomic E-state index is 0.0596. The molecule has 9 nitrogen and oxygen atoms in total. The van der Waals surface area contributed by atoms with E-state index in [0.717, 1.165) is 37.1 Å². The van der Waals surface area contributed by atoms with Crippen molar-refractivity contribution >= 4 is 40.9 Å². The van der Waals surface area contributed by atoms with Gasteiger partial charge in [0.25, 0.3) is 11.5 Å². The molecule has 1 unspecified atom stereocenters. The van der Waals surface area contributed by atoms with Gasteiger partial charge in [0.2, 0.25) is 0 Å². The molecular weight excluding hydrogens is 588 g/mol. The molecule has 0 aliphatic carbocycles. The maximum absolute atomic E-state index is 13.8. The van der Waals surface area contributed by atoms with Gasteiger partial charge in [-0.1, -0.05) is 47.2 Å². The van der Waals surface area contributed by atoms with Gasteiger partial charge in [0.1, 0.15) is 5.75 Å². The number of likely N-dealkylation sites (tertiary alicyclic amines) is 1. The topological polar surface area (TPSA) is 102 Å². The van der Waals surface area contributed by atoms with Gasteiger partial charge in [-0.3, -0.25) is 14.2 Å². The lowest BCUT2D eigenvalue weighted by atomic mass is 9.96. The summed E-state index contributed by atoms with van der Waals surface area (Å²) in [4.78, 5) is 46.7. The summed E-state index contributed by atoms with van der Waals surface area (Å²) in [5, 5.41) is 3.59. The molecule has 0 radical (unpaired) electrons. The van der Waals surface area contributed by atoms with Crippen molar-refractivity contribution < 1.29 is 19.1 Å². The maximum atomic E-state index is 13.8. The van der Waals surface area contributed by atoms with Gasteiger partial charge in [0, 0.05) is 11.1 Å². The summed E-state index contributed by atoms with van der Waals surface area (Å²) in [5.74, 6) is -0.0909. The van der Waals surface area contributed by atoms with E-state index in [0.29, 0.717) is 31.4 Å². The molecular formula is C32H35ClN4O5S. The lowest BCUT2D eigenvalue weighted by Gasteiger charge is -2.29. The van der Waals surface area contributed by atoms with Gasteiger partial charge in [-0.2, -0.15) is 0 Å². The van der Waals surface area contributed by atoms with Crippen LogP contribution in [0.15, 0.2) is 69.6 Å². The molecule has 1 saturated heterocycles. The van der Waals surface area contributed by atoms with Crippen LogP contribution in [0, 0.1) is 0 Å². The predicted molar refractivity (Wildman–Crippen MR) is 167 cm³/mol. The minimum Gasteiger partial charge on any atom is -0.484 e. The van der Waals surface area contributed by atoms with Crippen LogP contribution in [0.3, 0.4) is 0 Å². The molecule has 5 rings (SSSR count). The molecule has 2 aromatic carbocycles. The third kappa shape index (κ3) is 7.26. The number of rotatable bonds is 8. The number of nitrogens with one attached hydrogen (secondary N) is 1. The maximum Gasteiger partial charge on any atom is 0.338 e. The Balaban J connectivity index is 1.37. The summed E-state index contributed by atoms with van der Waals surface area (Å²) in [6.07, 6.45) is 3.32. The Kier molecular flexibility index (Phi) is 9.49. The number of esters is 1. The van der Waals surface area contributed by atoms with Crippen LogP contribution in [-0.4, -0.2) is 60.2 Å². The van der Waals surface area contributed by atoms with Crippen molar-refractivity contribution in [1.29, 1.82) is 0 Å². The highest BCUT2D eigenvalue weighted by Gasteiger charge is 2.33. The average Bonchev–Trinajstić information content (AvgIpc) is 3.27. The number of piperidine rings is 1. The predicted octanol–water partition coefficient (Wildman–Crippen LogP) is 3.43. The fourth-order valence-electron chi connectivity index (χ4n) is 5.20. The van der Waals surface area contributed by atoms with Crippen molar-refractivity contribution in [3.63, 3.8) is 0 Å². The molecule has 43 heavy (non-hydrogen) atoms. The number of allylic oxidation sites excluding steroid dienone is 1. The molecule has 2 aliphatic heterocycles. The van der Waals surface area contributed by atoms with E-state index in [1.165, 1.54) is 11.3 Å². The van der Waals surface area contributed by atoms with E-state index in [9.17, 15) is 14.4 Å². The Bertz CT molecular complexity index is 1700. The molecule has 0 saturated carbocycles. The lowest BCUT2D eigenvalue weighted by molar-refractivity contribution is -0.143. The minimum atomic E-state index is -0.710. The van der Waals surface area contributed by atoms with Crippen molar-refractivity contribution in [1.82, 2.24) is 14.8 Å². The van der Waals surface area contributed by atoms with Crippen molar-refractivity contribution in [3.8, 4) is 5.75 Å². The van der Waals surface area contributed by atoms with E-state index in [2.05, 4.69) is 22.3 Å². The molecule has 1 N–H and O–H groups in total. The molecule has 1 fully saturated rings. The van der Waals surface area contributed by atoms with Crippen molar-refractivity contribution in [2.75, 3.05) is 26.7 Å². The summed E-state index contributed by atoms with van der Waals surface area (Å²) < 4.78 is 13.2. The van der Waals surface area contributed by atoms with Gasteiger partial charge in [-0.05, 0) is 95.2 Å². The normalized spacial score (nSPS) is 17.9. The molecule has 11 heteroatoms. The third-order valence-electron chi connectivity index (χ3n) is 7.40. The fourth-order valence-corrected chi connectivity index (χ4v) is 6.38. The summed E-state index contributed by atoms with van der Waals surface area (Å²) in [6.45, 7) is 7.19. The van der Waals surface area contributed by atoms with E-state index in [1.807, 2.05) is 12.1 Å². The Morgan fingerprint density at radius 1 is 1.12 bits per heavy atom. The molecule has 2 aliphatic rings. The number of nitrogens with zero attached hydrogens (tertiary/aromatic N) is 3. The Morgan fingerprint density at radius 3 is 2.44 bits per heavy atom. The molecule has 1 amide bonds. The monoisotopic (exact) mass is 622 g/mol. The number of fused-ring (bicyclic) bond motifs is 1. The molecule has 3 aromatic rings. The number of thiazole rings is 1. The van der Waals surface area contributed by atoms with Crippen LogP contribution in [0.25, 0.3) is 6.08 Å². The number of ether oxygens (including phenoxy) is 2. The first-order valence-corrected chi connectivity index (χ1v) is 15.5. The number of benzene rings is 2. The van der Waals surface area contributed by atoms with Gasteiger partial charge < -0.3 is 19.7 Å². The largest absolute Gasteiger partial charge is 0.484 e. The number of aromatic nitrogens is 1. The van der Waals surface area contributed by atoms with Crippen LogP contribution in [0.1, 0.15) is 50.8 Å². The number of hydrogen-bond donors (Lipinski definition) is 1. The molecule has 3 heterocycles. The molecule has 226 valence electrons. The third-order valence-corrected chi connectivity index (χ3v) is 8.64. The zero-order valence-electron chi connectivity index (χ0n) is 24.6. The summed E-state index contributed by atoms with van der Waals surface area (Å²) in [6, 6.07) is 13.7. The first kappa shape index (κ1) is 30.7. The van der Waals surface area contributed by atoms with Crippen molar-refractivity contribution in [2.24, 2.45) is 4.99 Å². The van der Waals surface area contributed by atoms with Crippen LogP contribution in [0.4, 0.5) is 0 Å². The average molecular weight is 623 g/mol. The number of halogens is 1. The highest BCUT2D eigenvalue weighted by molar-refractivity contribution is 7.07. The van der Waals surface area contributed by atoms with Crippen molar-refractivity contribution in [3.05, 3.63) is 95.6 Å². The van der Waals surface area contributed by atoms with Crippen LogP contribution in [0.5, 0.6) is 5.75 Å². The molecule has 1 atom stereocenters. The van der Waals surface area contributed by atoms with Gasteiger partial charge in [0.15, 0.2) is 11.4 Å². The van der Waals surface area contributed by atoms with Gasteiger partial charge in [0.05, 0.1) is 27.9 Å². The Morgan fingerprint density at radius 2 is 1.79 bits per heavy atom. The smallest absolute Gasteiger partial charge is 0.338 e. The van der Waals surface area contributed by atoms with E-state index < -0.39 is 12.0 Å². The fraction of sp³-hybridized carbons (Fsp3) is 0.375. The summed E-state index contributed by atoms with van der Waals surface area (Å²) in [5.41, 5.74) is 2.06. The molecule has 0 spiro atoms. The van der Waals surface area contributed by atoms with E-state index in [-0.39, 0.29) is 30.2 Å². The highest BCUT2D eigenvalue weighted by atomic mass is 35.5. The van der Waals surface area contributed by atoms with Crippen LogP contribution >= 0.6 is 22.9 Å². The summed E-state index contributed by atoms with van der Waals surface area (Å²) >= 11 is 7.39. The standard InChI is InChI=1S/C32H35ClN4O5S/c1-19(2)42-31(40)28-20(3)34-32-37(29(28)22-7-9-23(33)10-8-22)30(39)26(43-32)17-21-5-11-25(12-6-21)41-18-27(38)35-24-13-15-36(4)16-14-24/h5-12,17,19,24,29H,13-16,18H2,1-4H3,(H,35,38)/b26-17-. The number of hydrogen-bond acceptors (Lipinski definition) is 8. The van der Waals surface area contributed by atoms with Crippen LogP contribution < -0.4 is 24.9 Å². The van der Waals surface area contributed by atoms with Gasteiger partial charge in [-0.25, -0.2) is 9.79 Å².